The second-order valence-electron chi connectivity index (χ2n) is 3.55. The third kappa shape index (κ3) is 4.09. The summed E-state index contributed by atoms with van der Waals surface area (Å²) in [6.45, 7) is 1.68. The number of carbonyl (C=O) groups excluding carboxylic acids is 1. The molecule has 6 heteroatoms. The highest BCUT2D eigenvalue weighted by Gasteiger charge is 2.18. The van der Waals surface area contributed by atoms with Crippen molar-refractivity contribution in [1.82, 2.24) is 4.90 Å². The van der Waals surface area contributed by atoms with Crippen LogP contribution in [0, 0.1) is 0 Å². The summed E-state index contributed by atoms with van der Waals surface area (Å²) in [6, 6.07) is -0.874. The van der Waals surface area contributed by atoms with Gasteiger partial charge in [-0.1, -0.05) is 0 Å². The zero-order valence-corrected chi connectivity index (χ0v) is 9.33. The highest BCUT2D eigenvalue weighted by Crippen LogP contribution is 2.10. The molecule has 3 N–H and O–H groups in total. The molecule has 15 heavy (non-hydrogen) atoms. The van der Waals surface area contributed by atoms with Gasteiger partial charge in [-0.05, 0) is 12.8 Å². The molecule has 1 aliphatic heterocycles. The molecule has 1 fully saturated rings. The van der Waals surface area contributed by atoms with E-state index in [0.717, 1.165) is 25.9 Å². The van der Waals surface area contributed by atoms with Crippen molar-refractivity contribution >= 4 is 23.6 Å². The topological polar surface area (TPSA) is 83.6 Å². The first-order valence-electron chi connectivity index (χ1n) is 4.95. The SMILES string of the molecule is N[C@H](CSCC(=O)N1CCCC1)C(=O)O. The molecule has 0 radical (unpaired) electrons. The highest BCUT2D eigenvalue weighted by atomic mass is 32.2. The number of carboxylic acids is 1. The fourth-order valence-corrected chi connectivity index (χ4v) is 2.27. The summed E-state index contributed by atoms with van der Waals surface area (Å²) in [5.41, 5.74) is 5.31. The fourth-order valence-electron chi connectivity index (χ4n) is 1.40. The highest BCUT2D eigenvalue weighted by molar-refractivity contribution is 8.00. The fraction of sp³-hybridized carbons (Fsp3) is 0.778. The number of likely N-dealkylation sites (tertiary alicyclic amines) is 1. The lowest BCUT2D eigenvalue weighted by atomic mass is 10.4. The maximum Gasteiger partial charge on any atom is 0.321 e. The Morgan fingerprint density at radius 3 is 2.53 bits per heavy atom. The van der Waals surface area contributed by atoms with E-state index in [-0.39, 0.29) is 11.7 Å². The summed E-state index contributed by atoms with van der Waals surface area (Å²) in [5.74, 6) is -0.304. The molecule has 0 saturated carbocycles. The van der Waals surface area contributed by atoms with Gasteiger partial charge in [0.25, 0.3) is 0 Å². The van der Waals surface area contributed by atoms with Gasteiger partial charge in [0.1, 0.15) is 6.04 Å². The van der Waals surface area contributed by atoms with Crippen LogP contribution in [-0.4, -0.2) is 52.5 Å². The molecule has 0 aromatic carbocycles. The van der Waals surface area contributed by atoms with Gasteiger partial charge in [-0.3, -0.25) is 9.59 Å². The molecule has 0 unspecified atom stereocenters. The Hall–Kier alpha value is -0.750. The molecule has 1 atom stereocenters. The van der Waals surface area contributed by atoms with Crippen LogP contribution in [0.1, 0.15) is 12.8 Å². The summed E-state index contributed by atoms with van der Waals surface area (Å²) in [7, 11) is 0. The first-order chi connectivity index (χ1) is 7.11. The summed E-state index contributed by atoms with van der Waals surface area (Å²) in [6.07, 6.45) is 2.15. The number of rotatable bonds is 5. The van der Waals surface area contributed by atoms with Gasteiger partial charge in [-0.25, -0.2) is 0 Å². The molecular weight excluding hydrogens is 216 g/mol. The Morgan fingerprint density at radius 2 is 2.00 bits per heavy atom. The van der Waals surface area contributed by atoms with E-state index in [4.69, 9.17) is 10.8 Å². The Bertz CT molecular complexity index is 242. The van der Waals surface area contributed by atoms with E-state index < -0.39 is 12.0 Å². The van der Waals surface area contributed by atoms with Crippen molar-refractivity contribution < 1.29 is 14.7 Å². The van der Waals surface area contributed by atoms with Gasteiger partial charge < -0.3 is 15.7 Å². The number of carboxylic acid groups (broad SMARTS) is 1. The van der Waals surface area contributed by atoms with Crippen molar-refractivity contribution in [1.29, 1.82) is 0 Å². The van der Waals surface area contributed by atoms with E-state index in [0.29, 0.717) is 5.75 Å². The van der Waals surface area contributed by atoms with Crippen molar-refractivity contribution in [3.8, 4) is 0 Å². The van der Waals surface area contributed by atoms with Gasteiger partial charge in [0.2, 0.25) is 5.91 Å². The summed E-state index contributed by atoms with van der Waals surface area (Å²) in [4.78, 5) is 23.7. The van der Waals surface area contributed by atoms with Crippen LogP contribution >= 0.6 is 11.8 Å². The van der Waals surface area contributed by atoms with Crippen molar-refractivity contribution in [2.45, 2.75) is 18.9 Å². The predicted molar refractivity (Wildman–Crippen MR) is 58.8 cm³/mol. The quantitative estimate of drug-likeness (QED) is 0.683. The first kappa shape index (κ1) is 12.3. The first-order valence-corrected chi connectivity index (χ1v) is 6.10. The molecule has 0 aromatic rings. The lowest BCUT2D eigenvalue weighted by Gasteiger charge is -2.15. The molecule has 86 valence electrons. The molecule has 0 bridgehead atoms. The number of hydrogen-bond acceptors (Lipinski definition) is 4. The van der Waals surface area contributed by atoms with E-state index in [1.807, 2.05) is 4.90 Å². The van der Waals surface area contributed by atoms with Crippen LogP contribution in [0.5, 0.6) is 0 Å². The van der Waals surface area contributed by atoms with Crippen molar-refractivity contribution in [3.63, 3.8) is 0 Å². The number of nitrogens with zero attached hydrogens (tertiary/aromatic N) is 1. The van der Waals surface area contributed by atoms with Crippen molar-refractivity contribution in [2.75, 3.05) is 24.6 Å². The minimum absolute atomic E-state index is 0.0927. The van der Waals surface area contributed by atoms with Crippen LogP contribution in [0.3, 0.4) is 0 Å². The van der Waals surface area contributed by atoms with Gasteiger partial charge in [0.15, 0.2) is 0 Å². The average Bonchev–Trinajstić information content (AvgIpc) is 2.70. The van der Waals surface area contributed by atoms with E-state index in [1.165, 1.54) is 11.8 Å². The molecule has 1 amide bonds. The summed E-state index contributed by atoms with van der Waals surface area (Å²) >= 11 is 1.29. The van der Waals surface area contributed by atoms with Crippen LogP contribution in [-0.2, 0) is 9.59 Å². The largest absolute Gasteiger partial charge is 0.480 e. The number of hydrogen-bond donors (Lipinski definition) is 2. The zero-order chi connectivity index (χ0) is 11.3. The summed E-state index contributed by atoms with van der Waals surface area (Å²) in [5, 5.41) is 8.53. The zero-order valence-electron chi connectivity index (χ0n) is 8.52. The molecule has 5 nitrogen and oxygen atoms in total. The van der Waals surface area contributed by atoms with Crippen LogP contribution in [0.4, 0.5) is 0 Å². The van der Waals surface area contributed by atoms with Gasteiger partial charge in [0, 0.05) is 18.8 Å². The third-order valence-corrected chi connectivity index (χ3v) is 3.34. The second kappa shape index (κ2) is 5.97. The second-order valence-corrected chi connectivity index (χ2v) is 4.58. The average molecular weight is 232 g/mol. The predicted octanol–water partition coefficient (Wildman–Crippen LogP) is -0.246. The number of amides is 1. The van der Waals surface area contributed by atoms with E-state index >= 15 is 0 Å². The standard InChI is InChI=1S/C9H16N2O3S/c10-7(9(13)14)5-15-6-8(12)11-3-1-2-4-11/h7H,1-6,10H2,(H,13,14)/t7-/m1/s1. The van der Waals surface area contributed by atoms with Gasteiger partial charge in [-0.15, -0.1) is 11.8 Å². The number of thioether (sulfide) groups is 1. The van der Waals surface area contributed by atoms with Crippen LogP contribution in [0.2, 0.25) is 0 Å². The third-order valence-electron chi connectivity index (χ3n) is 2.30. The smallest absolute Gasteiger partial charge is 0.321 e. The Labute approximate surface area is 93.0 Å². The maximum absolute atomic E-state index is 11.5. The Morgan fingerprint density at radius 1 is 1.40 bits per heavy atom. The Balaban J connectivity index is 2.14. The monoisotopic (exact) mass is 232 g/mol. The number of nitrogens with two attached hydrogens (primary N) is 1. The maximum atomic E-state index is 11.5. The molecule has 0 spiro atoms. The molecule has 1 heterocycles. The molecule has 1 aliphatic rings. The normalized spacial score (nSPS) is 17.8. The van der Waals surface area contributed by atoms with Crippen LogP contribution in [0.25, 0.3) is 0 Å². The van der Waals surface area contributed by atoms with Crippen LogP contribution in [0.15, 0.2) is 0 Å². The minimum Gasteiger partial charge on any atom is -0.480 e. The van der Waals surface area contributed by atoms with Gasteiger partial charge in [0.05, 0.1) is 5.75 Å². The van der Waals surface area contributed by atoms with Crippen molar-refractivity contribution in [3.05, 3.63) is 0 Å². The lowest BCUT2D eigenvalue weighted by Crippen LogP contribution is -2.34. The molecule has 1 saturated heterocycles. The summed E-state index contributed by atoms with van der Waals surface area (Å²) < 4.78 is 0. The lowest BCUT2D eigenvalue weighted by molar-refractivity contribution is -0.138. The number of aliphatic carboxylic acids is 1. The minimum atomic E-state index is -1.02. The van der Waals surface area contributed by atoms with E-state index in [1.54, 1.807) is 0 Å². The molecular formula is C9H16N2O3S. The van der Waals surface area contributed by atoms with Crippen molar-refractivity contribution in [2.24, 2.45) is 5.73 Å². The van der Waals surface area contributed by atoms with E-state index in [9.17, 15) is 9.59 Å². The molecule has 0 aliphatic carbocycles. The van der Waals surface area contributed by atoms with Gasteiger partial charge in [-0.2, -0.15) is 0 Å². The van der Waals surface area contributed by atoms with Gasteiger partial charge >= 0.3 is 5.97 Å². The van der Waals surface area contributed by atoms with Crippen LogP contribution < -0.4 is 5.73 Å². The Kier molecular flexibility index (Phi) is 4.90. The molecule has 0 aromatic heterocycles. The molecule has 1 rings (SSSR count). The number of carbonyl (C=O) groups is 2. The van der Waals surface area contributed by atoms with E-state index in [2.05, 4.69) is 0 Å².